The fourth-order valence-corrected chi connectivity index (χ4v) is 6.47. The molecule has 0 unspecified atom stereocenters. The van der Waals surface area contributed by atoms with Crippen molar-refractivity contribution in [2.24, 2.45) is 0 Å². The normalized spacial score (nSPS) is 11.1. The number of hydrogen-bond donors (Lipinski definition) is 1. The van der Waals surface area contributed by atoms with Gasteiger partial charge < -0.3 is 33.2 Å². The van der Waals surface area contributed by atoms with Gasteiger partial charge in [-0.3, -0.25) is 14.5 Å². The van der Waals surface area contributed by atoms with Gasteiger partial charge in [0.05, 0.1) is 45.3 Å². The van der Waals surface area contributed by atoms with Gasteiger partial charge in [0, 0.05) is 36.5 Å². The first-order valence-corrected chi connectivity index (χ1v) is 17.6. The molecular weight excluding hydrogens is 685 g/mol. The largest absolute Gasteiger partial charge is 0.497 e. The highest BCUT2D eigenvalue weighted by Crippen LogP contribution is 2.37. The molecule has 13 heteroatoms. The molecule has 0 atom stereocenters. The maximum atomic E-state index is 14.0. The number of amides is 1. The van der Waals surface area contributed by atoms with Crippen LogP contribution in [0.4, 0.5) is 0 Å². The van der Waals surface area contributed by atoms with Crippen molar-refractivity contribution in [1.82, 2.24) is 39.2 Å². The van der Waals surface area contributed by atoms with Crippen LogP contribution in [0.2, 0.25) is 0 Å². The number of methoxy groups -OCH3 is 3. The van der Waals surface area contributed by atoms with Gasteiger partial charge in [0.2, 0.25) is 0 Å². The van der Waals surface area contributed by atoms with Gasteiger partial charge in [-0.25, -0.2) is 0 Å². The summed E-state index contributed by atoms with van der Waals surface area (Å²) in [4.78, 5) is 18.6. The Labute approximate surface area is 313 Å². The second kappa shape index (κ2) is 15.5. The van der Waals surface area contributed by atoms with Crippen molar-refractivity contribution < 1.29 is 23.7 Å². The van der Waals surface area contributed by atoms with Gasteiger partial charge in [0.1, 0.15) is 40.9 Å². The maximum absolute atomic E-state index is 14.0. The third kappa shape index (κ3) is 7.07. The van der Waals surface area contributed by atoms with E-state index in [1.807, 2.05) is 113 Å². The van der Waals surface area contributed by atoms with Crippen LogP contribution in [0, 0.1) is 13.8 Å². The fraction of sp³-hybridized carbons (Fsp3) is 0.244. The minimum absolute atomic E-state index is 0.239. The Bertz CT molecular complexity index is 2410. The highest BCUT2D eigenvalue weighted by Gasteiger charge is 2.28. The van der Waals surface area contributed by atoms with Crippen LogP contribution in [0.1, 0.15) is 45.5 Å². The Morgan fingerprint density at radius 3 is 2.30 bits per heavy atom. The van der Waals surface area contributed by atoms with Crippen LogP contribution >= 0.6 is 0 Å². The first kappa shape index (κ1) is 35.8. The number of nitrogens with one attached hydrogen (secondary N) is 1. The fourth-order valence-electron chi connectivity index (χ4n) is 6.47. The van der Waals surface area contributed by atoms with Crippen LogP contribution in [0.5, 0.6) is 23.0 Å². The van der Waals surface area contributed by atoms with E-state index in [-0.39, 0.29) is 12.5 Å². The molecule has 0 aliphatic heterocycles. The molecule has 0 bridgehead atoms. The zero-order chi connectivity index (χ0) is 37.8. The number of benzene rings is 3. The Morgan fingerprint density at radius 2 is 1.57 bits per heavy atom. The summed E-state index contributed by atoms with van der Waals surface area (Å²) < 4.78 is 28.6. The summed E-state index contributed by atoms with van der Waals surface area (Å²) >= 11 is 0. The molecule has 276 valence electrons. The lowest BCUT2D eigenvalue weighted by atomic mass is 10.1. The molecule has 3 aromatic carbocycles. The summed E-state index contributed by atoms with van der Waals surface area (Å²) in [5.74, 6) is 3.50. The second-order valence-electron chi connectivity index (χ2n) is 12.7. The highest BCUT2D eigenvalue weighted by atomic mass is 16.5. The molecular formula is C41H42N8O5. The molecule has 1 amide bonds. The number of aromatic nitrogens is 7. The molecule has 1 N–H and O–H groups in total. The maximum Gasteiger partial charge on any atom is 0.268 e. The number of carbonyl (C=O) groups is 1. The van der Waals surface area contributed by atoms with Crippen molar-refractivity contribution in [2.75, 3.05) is 21.3 Å². The first-order chi connectivity index (χ1) is 26.3. The Hall–Kier alpha value is -6.63. The molecule has 7 aromatic rings. The van der Waals surface area contributed by atoms with Crippen molar-refractivity contribution in [1.29, 1.82) is 0 Å². The lowest BCUT2D eigenvalue weighted by Crippen LogP contribution is -2.24. The van der Waals surface area contributed by atoms with Gasteiger partial charge >= 0.3 is 0 Å². The van der Waals surface area contributed by atoms with Gasteiger partial charge in [-0.2, -0.15) is 5.10 Å². The van der Waals surface area contributed by atoms with Crippen molar-refractivity contribution in [3.8, 4) is 45.9 Å². The van der Waals surface area contributed by atoms with E-state index in [4.69, 9.17) is 34.2 Å². The average molecular weight is 727 g/mol. The molecule has 4 aromatic heterocycles. The second-order valence-corrected chi connectivity index (χ2v) is 12.7. The quantitative estimate of drug-likeness (QED) is 0.130. The van der Waals surface area contributed by atoms with Crippen molar-refractivity contribution in [3.63, 3.8) is 0 Å². The summed E-state index contributed by atoms with van der Waals surface area (Å²) in [5, 5.41) is 17.5. The molecule has 0 radical (unpaired) electrons. The summed E-state index contributed by atoms with van der Waals surface area (Å²) in [6, 6.07) is 25.2. The summed E-state index contributed by atoms with van der Waals surface area (Å²) in [6.07, 6.45) is 3.60. The monoisotopic (exact) mass is 726 g/mol. The van der Waals surface area contributed by atoms with Crippen LogP contribution < -0.4 is 24.3 Å². The summed E-state index contributed by atoms with van der Waals surface area (Å²) in [7, 11) is 4.83. The minimum Gasteiger partial charge on any atom is -0.497 e. The molecule has 0 aliphatic rings. The number of aryl methyl sites for hydroxylation is 3. The highest BCUT2D eigenvalue weighted by molar-refractivity contribution is 5.97. The zero-order valence-corrected chi connectivity index (χ0v) is 31.2. The predicted molar refractivity (Wildman–Crippen MR) is 204 cm³/mol. The lowest BCUT2D eigenvalue weighted by Gasteiger charge is -2.14. The smallest absolute Gasteiger partial charge is 0.268 e. The average Bonchev–Trinajstić information content (AvgIpc) is 3.88. The SMILES string of the molecule is CCn1nc(C)c(OCc2ccccc2)c1-c1nnc(-c2cc(C(=O)NCc3ccc(OC)cc3OC)n3cc(C)ncc23)n1Cc1ccc(OC)cc1. The number of rotatable bonds is 14. The van der Waals surface area contributed by atoms with Crippen LogP contribution in [0.3, 0.4) is 0 Å². The molecule has 54 heavy (non-hydrogen) atoms. The van der Waals surface area contributed by atoms with Crippen molar-refractivity contribution >= 4 is 11.4 Å². The van der Waals surface area contributed by atoms with Gasteiger partial charge in [-0.15, -0.1) is 10.2 Å². The number of hydrogen-bond acceptors (Lipinski definition) is 9. The van der Waals surface area contributed by atoms with Crippen molar-refractivity contribution in [3.05, 3.63) is 125 Å². The Kier molecular flexibility index (Phi) is 10.3. The standard InChI is InChI=1S/C41H42N8O5/c1-7-49-37(38(27(3)46-49)54-25-29-11-9-8-10-12-29)40-45-44-39(48(40)24-28-13-16-31(51-4)17-14-28)33-20-34(47-23-26(2)42-22-35(33)47)41(50)43-21-30-15-18-32(52-5)19-36(30)53-6/h8-20,22-23H,7,21,24-25H2,1-6H3,(H,43,50). The van der Waals surface area contributed by atoms with E-state index in [1.54, 1.807) is 33.6 Å². The number of nitrogens with zero attached hydrogens (tertiary/aromatic N) is 7. The minimum atomic E-state index is -0.280. The van der Waals surface area contributed by atoms with Crippen LogP contribution in [0.25, 0.3) is 28.4 Å². The third-order valence-electron chi connectivity index (χ3n) is 9.25. The van der Waals surface area contributed by atoms with E-state index in [2.05, 4.69) is 10.3 Å². The van der Waals surface area contributed by atoms with E-state index in [0.29, 0.717) is 71.1 Å². The van der Waals surface area contributed by atoms with Gasteiger partial charge in [0.15, 0.2) is 17.4 Å². The van der Waals surface area contributed by atoms with E-state index >= 15 is 0 Å². The molecule has 0 saturated heterocycles. The number of fused-ring (bicyclic) bond motifs is 1. The molecule has 0 spiro atoms. The Balaban J connectivity index is 1.33. The zero-order valence-electron chi connectivity index (χ0n) is 31.2. The van der Waals surface area contributed by atoms with Gasteiger partial charge in [-0.05, 0) is 62.2 Å². The molecule has 4 heterocycles. The molecule has 13 nitrogen and oxygen atoms in total. The lowest BCUT2D eigenvalue weighted by molar-refractivity contribution is 0.0945. The predicted octanol–water partition coefficient (Wildman–Crippen LogP) is 6.68. The van der Waals surface area contributed by atoms with Crippen LogP contribution in [-0.2, 0) is 26.2 Å². The third-order valence-corrected chi connectivity index (χ3v) is 9.25. The van der Waals surface area contributed by atoms with Gasteiger partial charge in [-0.1, -0.05) is 42.5 Å². The number of ether oxygens (including phenoxy) is 4. The molecule has 0 aliphatic carbocycles. The van der Waals surface area contributed by atoms with E-state index in [9.17, 15) is 4.79 Å². The van der Waals surface area contributed by atoms with E-state index in [1.165, 1.54) is 0 Å². The number of carbonyl (C=O) groups excluding carboxylic acids is 1. The molecule has 7 rings (SSSR count). The van der Waals surface area contributed by atoms with Crippen LogP contribution in [-0.4, -0.2) is 61.2 Å². The molecule has 0 fully saturated rings. The van der Waals surface area contributed by atoms with E-state index < -0.39 is 0 Å². The summed E-state index contributed by atoms with van der Waals surface area (Å²) in [6.45, 7) is 7.44. The van der Waals surface area contributed by atoms with Crippen molar-refractivity contribution in [2.45, 2.75) is 47.0 Å². The topological polar surface area (TPSA) is 132 Å². The summed E-state index contributed by atoms with van der Waals surface area (Å²) in [5.41, 5.74) is 6.84. The van der Waals surface area contributed by atoms with Crippen LogP contribution in [0.15, 0.2) is 91.3 Å². The Morgan fingerprint density at radius 1 is 0.833 bits per heavy atom. The first-order valence-electron chi connectivity index (χ1n) is 17.6. The molecule has 0 saturated carbocycles. The van der Waals surface area contributed by atoms with E-state index in [0.717, 1.165) is 33.8 Å². The van der Waals surface area contributed by atoms with Gasteiger partial charge in [0.25, 0.3) is 5.91 Å².